The van der Waals surface area contributed by atoms with E-state index >= 15 is 0 Å². The van der Waals surface area contributed by atoms with Gasteiger partial charge in [0.25, 0.3) is 0 Å². The maximum Gasteiger partial charge on any atom is 0.408 e. The van der Waals surface area contributed by atoms with Crippen LogP contribution in [0.25, 0.3) is 0 Å². The fourth-order valence-corrected chi connectivity index (χ4v) is 4.36. The molecule has 0 spiro atoms. The van der Waals surface area contributed by atoms with Crippen LogP contribution in [-0.4, -0.2) is 56.7 Å². The average molecular weight is 570 g/mol. The fourth-order valence-electron chi connectivity index (χ4n) is 4.36. The molecule has 2 aromatic rings. The Morgan fingerprint density at radius 3 is 1.93 bits per heavy atom. The summed E-state index contributed by atoms with van der Waals surface area (Å²) >= 11 is 0. The van der Waals surface area contributed by atoms with E-state index in [2.05, 4.69) is 17.6 Å². The van der Waals surface area contributed by atoms with E-state index in [0.717, 1.165) is 19.3 Å². The minimum atomic E-state index is -1.05. The van der Waals surface area contributed by atoms with Gasteiger partial charge in [-0.15, -0.1) is 0 Å². The molecule has 3 amide bonds. The highest BCUT2D eigenvalue weighted by molar-refractivity contribution is 5.92. The number of phenols is 2. The summed E-state index contributed by atoms with van der Waals surface area (Å²) in [4.78, 5) is 42.6. The molecule has 0 aliphatic heterocycles. The highest BCUT2D eigenvalue weighted by Gasteiger charge is 2.37. The second kappa shape index (κ2) is 14.8. The Kier molecular flexibility index (Phi) is 12.0. The third-order valence-electron chi connectivity index (χ3n) is 6.17. The van der Waals surface area contributed by atoms with Crippen molar-refractivity contribution in [1.29, 1.82) is 0 Å². The van der Waals surface area contributed by atoms with Crippen LogP contribution in [0.5, 0.6) is 11.5 Å². The number of rotatable bonds is 12. The zero-order chi connectivity index (χ0) is 30.8. The molecule has 0 aliphatic rings. The normalized spacial score (nSPS) is 13.1. The molecular weight excluding hydrogens is 522 g/mol. The number of nitrogens with one attached hydrogen (secondary N) is 2. The minimum Gasteiger partial charge on any atom is -0.508 e. The van der Waals surface area contributed by atoms with Crippen LogP contribution in [0.3, 0.4) is 0 Å². The Balaban J connectivity index is 2.57. The third kappa shape index (κ3) is 11.7. The van der Waals surface area contributed by atoms with Crippen LogP contribution in [0.15, 0.2) is 48.5 Å². The molecule has 0 fully saturated rings. The lowest BCUT2D eigenvalue weighted by Gasteiger charge is -2.36. The zero-order valence-electron chi connectivity index (χ0n) is 25.5. The molecule has 226 valence electrons. The van der Waals surface area contributed by atoms with E-state index in [1.165, 1.54) is 29.2 Å². The third-order valence-corrected chi connectivity index (χ3v) is 6.17. The smallest absolute Gasteiger partial charge is 0.408 e. The largest absolute Gasteiger partial charge is 0.508 e. The molecule has 0 heterocycles. The van der Waals surface area contributed by atoms with Crippen LogP contribution >= 0.6 is 0 Å². The fraction of sp³-hybridized carbons (Fsp3) is 0.531. The van der Waals surface area contributed by atoms with Crippen LogP contribution in [0.4, 0.5) is 4.79 Å². The van der Waals surface area contributed by atoms with Crippen molar-refractivity contribution in [3.63, 3.8) is 0 Å². The highest BCUT2D eigenvalue weighted by atomic mass is 16.6. The maximum absolute atomic E-state index is 14.4. The van der Waals surface area contributed by atoms with Crippen molar-refractivity contribution < 1.29 is 29.3 Å². The number of phenolic OH excluding ortho intramolecular Hbond substituents is 2. The summed E-state index contributed by atoms with van der Waals surface area (Å²) in [5, 5.41) is 25.4. The molecule has 0 aromatic heterocycles. The monoisotopic (exact) mass is 569 g/mol. The first-order valence-corrected chi connectivity index (χ1v) is 14.3. The number of amides is 3. The van der Waals surface area contributed by atoms with Crippen molar-refractivity contribution in [2.75, 3.05) is 6.54 Å². The van der Waals surface area contributed by atoms with E-state index in [1.54, 1.807) is 45.0 Å². The number of nitrogens with zero attached hydrogens (tertiary/aromatic N) is 1. The van der Waals surface area contributed by atoms with Crippen molar-refractivity contribution in [1.82, 2.24) is 15.5 Å². The van der Waals surface area contributed by atoms with E-state index in [1.807, 2.05) is 20.8 Å². The molecule has 4 N–H and O–H groups in total. The van der Waals surface area contributed by atoms with Crippen molar-refractivity contribution in [3.05, 3.63) is 59.7 Å². The van der Waals surface area contributed by atoms with Gasteiger partial charge in [0.05, 0.1) is 0 Å². The molecule has 2 aromatic carbocycles. The summed E-state index contributed by atoms with van der Waals surface area (Å²) < 4.78 is 5.47. The molecular formula is C32H47N3O6. The van der Waals surface area contributed by atoms with Gasteiger partial charge in [0.15, 0.2) is 0 Å². The summed E-state index contributed by atoms with van der Waals surface area (Å²) in [7, 11) is 0. The number of aromatic hydroxyl groups is 2. The van der Waals surface area contributed by atoms with Crippen LogP contribution in [0, 0.1) is 0 Å². The number of hydrogen-bond acceptors (Lipinski definition) is 6. The van der Waals surface area contributed by atoms with Gasteiger partial charge in [0.1, 0.15) is 29.2 Å². The second-order valence-corrected chi connectivity index (χ2v) is 12.4. The first-order chi connectivity index (χ1) is 19.1. The number of benzene rings is 2. The number of hydrogen-bond donors (Lipinski definition) is 4. The van der Waals surface area contributed by atoms with Crippen molar-refractivity contribution in [2.45, 2.75) is 104 Å². The Bertz CT molecular complexity index is 1130. The van der Waals surface area contributed by atoms with Crippen LogP contribution < -0.4 is 10.6 Å². The summed E-state index contributed by atoms with van der Waals surface area (Å²) in [6.45, 7) is 13.2. The highest BCUT2D eigenvalue weighted by Crippen LogP contribution is 2.27. The maximum atomic E-state index is 14.4. The lowest BCUT2D eigenvalue weighted by Crippen LogP contribution is -2.55. The predicted molar refractivity (Wildman–Crippen MR) is 160 cm³/mol. The van der Waals surface area contributed by atoms with Crippen LogP contribution in [-0.2, 0) is 20.7 Å². The van der Waals surface area contributed by atoms with Crippen LogP contribution in [0.1, 0.15) is 91.3 Å². The standard InChI is InChI=1S/C32H47N3O6/c1-8-9-10-11-20-35(27(28(38)34-31(2,3)4)23-14-18-25(37)19-15-23)29(39)26(33-30(40)41-32(5,6)7)21-22-12-16-24(36)17-13-22/h12-19,26-27,36-37H,8-11,20-21H2,1-7H3,(H,33,40)(H,34,38). The molecule has 0 bridgehead atoms. The van der Waals surface area contributed by atoms with E-state index in [4.69, 9.17) is 4.74 Å². The topological polar surface area (TPSA) is 128 Å². The Labute approximate surface area is 244 Å². The number of ether oxygens (including phenoxy) is 1. The Morgan fingerprint density at radius 2 is 1.41 bits per heavy atom. The molecule has 9 nitrogen and oxygen atoms in total. The average Bonchev–Trinajstić information content (AvgIpc) is 2.85. The van der Waals surface area contributed by atoms with E-state index in [9.17, 15) is 24.6 Å². The lowest BCUT2D eigenvalue weighted by molar-refractivity contribution is -0.143. The number of alkyl carbamates (subject to hydrolysis) is 1. The van der Waals surface area contributed by atoms with Crippen molar-refractivity contribution in [3.8, 4) is 11.5 Å². The molecule has 0 saturated heterocycles. The van der Waals surface area contributed by atoms with Gasteiger partial charge in [-0.25, -0.2) is 4.79 Å². The lowest BCUT2D eigenvalue weighted by atomic mass is 9.98. The van der Waals surface area contributed by atoms with Crippen LogP contribution in [0.2, 0.25) is 0 Å². The van der Waals surface area contributed by atoms with E-state index in [-0.39, 0.29) is 30.4 Å². The quantitative estimate of drug-likeness (QED) is 0.247. The second-order valence-electron chi connectivity index (χ2n) is 12.4. The van der Waals surface area contributed by atoms with Gasteiger partial charge in [-0.2, -0.15) is 0 Å². The molecule has 41 heavy (non-hydrogen) atoms. The molecule has 9 heteroatoms. The van der Waals surface area contributed by atoms with E-state index < -0.39 is 35.2 Å². The van der Waals surface area contributed by atoms with Crippen molar-refractivity contribution in [2.24, 2.45) is 0 Å². The number of unbranched alkanes of at least 4 members (excludes halogenated alkanes) is 3. The SMILES string of the molecule is CCCCCCN(C(=O)C(Cc1ccc(O)cc1)NC(=O)OC(C)(C)C)C(C(=O)NC(C)(C)C)c1ccc(O)cc1. The van der Waals surface area contributed by atoms with Gasteiger partial charge in [0, 0.05) is 18.5 Å². The number of carbonyl (C=O) groups excluding carboxylic acids is 3. The first kappa shape index (κ1) is 33.5. The zero-order valence-corrected chi connectivity index (χ0v) is 25.5. The molecule has 2 unspecified atom stereocenters. The first-order valence-electron chi connectivity index (χ1n) is 14.3. The summed E-state index contributed by atoms with van der Waals surface area (Å²) in [5.41, 5.74) is -0.0989. The van der Waals surface area contributed by atoms with Gasteiger partial charge in [-0.3, -0.25) is 9.59 Å². The minimum absolute atomic E-state index is 0.0429. The summed E-state index contributed by atoms with van der Waals surface area (Å²) in [5.74, 6) is -0.683. The van der Waals surface area contributed by atoms with Gasteiger partial charge in [0.2, 0.25) is 11.8 Å². The molecule has 0 saturated carbocycles. The Hall–Kier alpha value is -3.75. The molecule has 2 rings (SSSR count). The van der Waals surface area contributed by atoms with E-state index in [0.29, 0.717) is 17.5 Å². The van der Waals surface area contributed by atoms with Crippen molar-refractivity contribution >= 4 is 17.9 Å². The van der Waals surface area contributed by atoms with Gasteiger partial charge in [-0.1, -0.05) is 50.5 Å². The molecule has 0 radical (unpaired) electrons. The summed E-state index contributed by atoms with van der Waals surface area (Å²) in [6.07, 6.45) is 2.88. The number of carbonyl (C=O) groups is 3. The summed E-state index contributed by atoms with van der Waals surface area (Å²) in [6, 6.07) is 10.6. The van der Waals surface area contributed by atoms with Gasteiger partial charge >= 0.3 is 6.09 Å². The predicted octanol–water partition coefficient (Wildman–Crippen LogP) is 5.60. The van der Waals surface area contributed by atoms with Gasteiger partial charge < -0.3 is 30.5 Å². The molecule has 0 aliphatic carbocycles. The Morgan fingerprint density at radius 1 is 0.854 bits per heavy atom. The molecule has 2 atom stereocenters. The van der Waals surface area contributed by atoms with Gasteiger partial charge in [-0.05, 0) is 83.4 Å².